The van der Waals surface area contributed by atoms with Crippen LogP contribution in [0.15, 0.2) is 24.4 Å². The zero-order valence-electron chi connectivity index (χ0n) is 13.7. The molecule has 0 bridgehead atoms. The van der Waals surface area contributed by atoms with Gasteiger partial charge in [-0.2, -0.15) is 0 Å². The third kappa shape index (κ3) is 2.84. The second kappa shape index (κ2) is 6.30. The second-order valence-electron chi connectivity index (χ2n) is 6.74. The zero-order chi connectivity index (χ0) is 16.7. The van der Waals surface area contributed by atoms with Gasteiger partial charge < -0.3 is 9.84 Å². The largest absolute Gasteiger partial charge is 0.506 e. The van der Waals surface area contributed by atoms with E-state index in [2.05, 4.69) is 22.9 Å². The standard InChI is InChI=1S/C18H21ClN2O2S/c1-12-10-18(17-13(4-8-23-18)9-16(19)24-17)5-7-21(12)11-14-15(22)3-2-6-20-14/h2-3,6,9,12,22H,4-5,7-8,10-11H2,1H3/t12-,18+/m0/s1. The molecule has 0 radical (unpaired) electrons. The first-order chi connectivity index (χ1) is 11.6. The quantitative estimate of drug-likeness (QED) is 0.876. The molecule has 6 heteroatoms. The van der Waals surface area contributed by atoms with E-state index >= 15 is 0 Å². The van der Waals surface area contributed by atoms with E-state index in [-0.39, 0.29) is 11.4 Å². The van der Waals surface area contributed by atoms with Crippen LogP contribution in [-0.4, -0.2) is 34.2 Å². The number of nitrogens with zero attached hydrogens (tertiary/aromatic N) is 2. The molecular formula is C18H21ClN2O2S. The van der Waals surface area contributed by atoms with Crippen molar-refractivity contribution in [3.05, 3.63) is 44.9 Å². The lowest BCUT2D eigenvalue weighted by molar-refractivity contribution is -0.110. The van der Waals surface area contributed by atoms with Gasteiger partial charge in [0.1, 0.15) is 11.4 Å². The summed E-state index contributed by atoms with van der Waals surface area (Å²) in [6.07, 6.45) is 4.59. The number of aromatic nitrogens is 1. The average Bonchev–Trinajstić information content (AvgIpc) is 2.94. The molecule has 2 aliphatic heterocycles. The van der Waals surface area contributed by atoms with Crippen molar-refractivity contribution in [1.82, 2.24) is 9.88 Å². The number of fused-ring (bicyclic) bond motifs is 2. The summed E-state index contributed by atoms with van der Waals surface area (Å²) in [4.78, 5) is 8.01. The Bertz CT molecular complexity index is 750. The fourth-order valence-corrected chi connectivity index (χ4v) is 5.44. The van der Waals surface area contributed by atoms with Crippen molar-refractivity contribution in [1.29, 1.82) is 0 Å². The van der Waals surface area contributed by atoms with Crippen LogP contribution in [-0.2, 0) is 23.3 Å². The summed E-state index contributed by atoms with van der Waals surface area (Å²) in [6.45, 7) is 4.59. The van der Waals surface area contributed by atoms with Crippen molar-refractivity contribution < 1.29 is 9.84 Å². The number of aromatic hydroxyl groups is 1. The van der Waals surface area contributed by atoms with Crippen molar-refractivity contribution in [3.8, 4) is 5.75 Å². The highest BCUT2D eigenvalue weighted by atomic mass is 35.5. The summed E-state index contributed by atoms with van der Waals surface area (Å²) < 4.78 is 7.16. The Morgan fingerprint density at radius 3 is 3.21 bits per heavy atom. The van der Waals surface area contributed by atoms with Crippen molar-refractivity contribution in [3.63, 3.8) is 0 Å². The number of hydrogen-bond donors (Lipinski definition) is 1. The molecule has 128 valence electrons. The van der Waals surface area contributed by atoms with Crippen LogP contribution in [0.25, 0.3) is 0 Å². The smallest absolute Gasteiger partial charge is 0.138 e. The van der Waals surface area contributed by atoms with E-state index in [1.54, 1.807) is 29.7 Å². The van der Waals surface area contributed by atoms with Gasteiger partial charge in [-0.15, -0.1) is 11.3 Å². The summed E-state index contributed by atoms with van der Waals surface area (Å²) >= 11 is 7.93. The molecule has 4 heterocycles. The lowest BCUT2D eigenvalue weighted by atomic mass is 9.82. The fourth-order valence-electron chi connectivity index (χ4n) is 3.96. The van der Waals surface area contributed by atoms with Gasteiger partial charge in [0.15, 0.2) is 0 Å². The van der Waals surface area contributed by atoms with Crippen LogP contribution < -0.4 is 0 Å². The molecule has 0 amide bonds. The van der Waals surface area contributed by atoms with Gasteiger partial charge in [-0.1, -0.05) is 11.6 Å². The van der Waals surface area contributed by atoms with E-state index in [1.165, 1.54) is 10.4 Å². The Hall–Kier alpha value is -1.14. The van der Waals surface area contributed by atoms with Crippen LogP contribution in [0.3, 0.4) is 0 Å². The SMILES string of the molecule is C[C@H]1C[C@@]2(CCN1Cc1ncccc1O)OCCc1cc(Cl)sc12. The van der Waals surface area contributed by atoms with E-state index in [0.717, 1.165) is 42.4 Å². The van der Waals surface area contributed by atoms with Crippen LogP contribution in [0.1, 0.15) is 35.9 Å². The molecule has 1 fully saturated rings. The summed E-state index contributed by atoms with van der Waals surface area (Å²) in [5, 5.41) is 9.98. The van der Waals surface area contributed by atoms with Crippen LogP contribution in [0, 0.1) is 0 Å². The molecule has 2 aromatic rings. The number of likely N-dealkylation sites (tertiary alicyclic amines) is 1. The molecule has 0 saturated carbocycles. The molecule has 2 aromatic heterocycles. The van der Waals surface area contributed by atoms with Gasteiger partial charge in [-0.05, 0) is 49.9 Å². The molecule has 4 rings (SSSR count). The molecule has 0 aromatic carbocycles. The molecule has 4 nitrogen and oxygen atoms in total. The van der Waals surface area contributed by atoms with E-state index < -0.39 is 0 Å². The minimum Gasteiger partial charge on any atom is -0.506 e. The molecule has 0 aliphatic carbocycles. The molecule has 1 N–H and O–H groups in total. The van der Waals surface area contributed by atoms with Crippen molar-refractivity contribution in [2.45, 2.75) is 44.4 Å². The number of ether oxygens (including phenoxy) is 1. The number of thiophene rings is 1. The van der Waals surface area contributed by atoms with E-state index in [0.29, 0.717) is 12.6 Å². The molecule has 1 saturated heterocycles. The number of rotatable bonds is 2. The maximum atomic E-state index is 9.98. The van der Waals surface area contributed by atoms with Gasteiger partial charge in [0.2, 0.25) is 0 Å². The third-order valence-corrected chi connectivity index (χ3v) is 6.70. The molecule has 2 aliphatic rings. The summed E-state index contributed by atoms with van der Waals surface area (Å²) in [6, 6.07) is 5.91. The number of piperidine rings is 1. The average molecular weight is 365 g/mol. The molecule has 24 heavy (non-hydrogen) atoms. The predicted octanol–water partition coefficient (Wildman–Crippen LogP) is 3.95. The van der Waals surface area contributed by atoms with Crippen molar-refractivity contribution >= 4 is 22.9 Å². The van der Waals surface area contributed by atoms with Gasteiger partial charge in [-0.3, -0.25) is 9.88 Å². The predicted molar refractivity (Wildman–Crippen MR) is 95.7 cm³/mol. The lowest BCUT2D eigenvalue weighted by Gasteiger charge is -2.47. The molecular weight excluding hydrogens is 344 g/mol. The van der Waals surface area contributed by atoms with Crippen LogP contribution >= 0.6 is 22.9 Å². The van der Waals surface area contributed by atoms with Gasteiger partial charge >= 0.3 is 0 Å². The second-order valence-corrected chi connectivity index (χ2v) is 8.42. The van der Waals surface area contributed by atoms with Crippen LogP contribution in [0.5, 0.6) is 5.75 Å². The Labute approximate surface area is 151 Å². The van der Waals surface area contributed by atoms with Crippen LogP contribution in [0.4, 0.5) is 0 Å². The lowest BCUT2D eigenvalue weighted by Crippen LogP contribution is -2.50. The zero-order valence-corrected chi connectivity index (χ0v) is 15.2. The van der Waals surface area contributed by atoms with Gasteiger partial charge in [0.05, 0.1) is 16.6 Å². The molecule has 1 spiro atoms. The molecule has 2 atom stereocenters. The van der Waals surface area contributed by atoms with E-state index in [1.807, 2.05) is 0 Å². The monoisotopic (exact) mass is 364 g/mol. The highest BCUT2D eigenvalue weighted by Gasteiger charge is 2.44. The Morgan fingerprint density at radius 1 is 1.54 bits per heavy atom. The Balaban J connectivity index is 1.54. The topological polar surface area (TPSA) is 45.6 Å². The number of hydrogen-bond acceptors (Lipinski definition) is 5. The highest BCUT2D eigenvalue weighted by Crippen LogP contribution is 2.48. The Morgan fingerprint density at radius 2 is 2.42 bits per heavy atom. The first-order valence-corrected chi connectivity index (χ1v) is 9.56. The summed E-state index contributed by atoms with van der Waals surface area (Å²) in [5.74, 6) is 0.270. The molecule has 0 unspecified atom stereocenters. The van der Waals surface area contributed by atoms with Crippen LogP contribution in [0.2, 0.25) is 4.34 Å². The number of pyridine rings is 1. The summed E-state index contributed by atoms with van der Waals surface area (Å²) in [7, 11) is 0. The van der Waals surface area contributed by atoms with Gasteiger partial charge in [0, 0.05) is 30.2 Å². The third-order valence-electron chi connectivity index (χ3n) is 5.21. The summed E-state index contributed by atoms with van der Waals surface area (Å²) in [5.41, 5.74) is 1.91. The van der Waals surface area contributed by atoms with E-state index in [4.69, 9.17) is 16.3 Å². The van der Waals surface area contributed by atoms with Gasteiger partial charge in [0.25, 0.3) is 0 Å². The minimum absolute atomic E-state index is 0.187. The number of halogens is 1. The van der Waals surface area contributed by atoms with E-state index in [9.17, 15) is 5.11 Å². The fraction of sp³-hybridized carbons (Fsp3) is 0.500. The first kappa shape index (κ1) is 16.3. The minimum atomic E-state index is -0.187. The van der Waals surface area contributed by atoms with Crippen molar-refractivity contribution in [2.75, 3.05) is 13.2 Å². The normalized spacial score (nSPS) is 27.3. The van der Waals surface area contributed by atoms with Gasteiger partial charge in [-0.25, -0.2) is 0 Å². The van der Waals surface area contributed by atoms with Crippen molar-refractivity contribution in [2.24, 2.45) is 0 Å². The Kier molecular flexibility index (Phi) is 4.29. The highest BCUT2D eigenvalue weighted by molar-refractivity contribution is 7.16. The maximum Gasteiger partial charge on any atom is 0.138 e. The maximum absolute atomic E-state index is 9.98. The first-order valence-electron chi connectivity index (χ1n) is 8.37.